The van der Waals surface area contributed by atoms with Crippen LogP contribution in [0.4, 0.5) is 4.39 Å². The molecule has 7 heteroatoms. The van der Waals surface area contributed by atoms with Crippen molar-refractivity contribution in [3.63, 3.8) is 0 Å². The van der Waals surface area contributed by atoms with Gasteiger partial charge >= 0.3 is 0 Å². The number of nitriles is 1. The van der Waals surface area contributed by atoms with Crippen molar-refractivity contribution in [3.05, 3.63) is 82.9 Å². The minimum Gasteiger partial charge on any atom is -0.487 e. The Labute approximate surface area is 161 Å². The molecule has 28 heavy (non-hydrogen) atoms. The summed E-state index contributed by atoms with van der Waals surface area (Å²) >= 11 is 0. The first-order valence-corrected chi connectivity index (χ1v) is 8.86. The Morgan fingerprint density at radius 2 is 2.00 bits per heavy atom. The SMILES string of the molecule is N#Cc1cc(C(=O)N2CCn3nc(COc4ccccc4)cc3C2)ccc1F. The van der Waals surface area contributed by atoms with Gasteiger partial charge in [0.25, 0.3) is 5.91 Å². The van der Waals surface area contributed by atoms with Crippen LogP contribution >= 0.6 is 0 Å². The van der Waals surface area contributed by atoms with E-state index in [9.17, 15) is 9.18 Å². The number of para-hydroxylation sites is 1. The summed E-state index contributed by atoms with van der Waals surface area (Å²) < 4.78 is 21.1. The van der Waals surface area contributed by atoms with Crippen LogP contribution in [-0.2, 0) is 19.7 Å². The Balaban J connectivity index is 1.45. The monoisotopic (exact) mass is 376 g/mol. The first-order valence-electron chi connectivity index (χ1n) is 8.86. The standard InChI is InChI=1S/C21H17FN4O2/c22-20-7-6-15(10-16(20)12-23)21(27)25-8-9-26-18(13-25)11-17(24-26)14-28-19-4-2-1-3-5-19/h1-7,10-11H,8-9,13-14H2. The highest BCUT2D eigenvalue weighted by Crippen LogP contribution is 2.19. The Morgan fingerprint density at radius 1 is 1.18 bits per heavy atom. The summed E-state index contributed by atoms with van der Waals surface area (Å²) in [4.78, 5) is 14.4. The van der Waals surface area contributed by atoms with E-state index in [-0.39, 0.29) is 11.5 Å². The number of hydrogen-bond acceptors (Lipinski definition) is 4. The van der Waals surface area contributed by atoms with Gasteiger partial charge in [0.1, 0.15) is 29.9 Å². The zero-order chi connectivity index (χ0) is 19.5. The lowest BCUT2D eigenvalue weighted by Crippen LogP contribution is -2.38. The predicted octanol–water partition coefficient (Wildman–Crippen LogP) is 3.13. The summed E-state index contributed by atoms with van der Waals surface area (Å²) in [5, 5.41) is 13.5. The molecule has 0 N–H and O–H groups in total. The van der Waals surface area contributed by atoms with Crippen molar-refractivity contribution in [1.82, 2.24) is 14.7 Å². The first kappa shape index (κ1) is 17.7. The number of amides is 1. The molecule has 4 rings (SSSR count). The smallest absolute Gasteiger partial charge is 0.254 e. The van der Waals surface area contributed by atoms with Crippen LogP contribution in [0, 0.1) is 17.1 Å². The molecule has 6 nitrogen and oxygen atoms in total. The van der Waals surface area contributed by atoms with Crippen molar-refractivity contribution in [2.24, 2.45) is 0 Å². The lowest BCUT2D eigenvalue weighted by Gasteiger charge is -2.27. The van der Waals surface area contributed by atoms with Gasteiger partial charge in [0.05, 0.1) is 24.3 Å². The molecule has 0 saturated heterocycles. The number of carbonyl (C=O) groups excluding carboxylic acids is 1. The molecule has 1 amide bonds. The second-order valence-corrected chi connectivity index (χ2v) is 6.49. The lowest BCUT2D eigenvalue weighted by molar-refractivity contribution is 0.0706. The van der Waals surface area contributed by atoms with Crippen LogP contribution in [0.1, 0.15) is 27.3 Å². The number of fused-ring (bicyclic) bond motifs is 1. The van der Waals surface area contributed by atoms with Crippen LogP contribution in [-0.4, -0.2) is 27.1 Å². The minimum atomic E-state index is -0.626. The van der Waals surface area contributed by atoms with Crippen molar-refractivity contribution in [1.29, 1.82) is 5.26 Å². The maximum Gasteiger partial charge on any atom is 0.254 e. The molecule has 0 fully saturated rings. The zero-order valence-electron chi connectivity index (χ0n) is 15.0. The molecule has 0 bridgehead atoms. The van der Waals surface area contributed by atoms with Gasteiger partial charge < -0.3 is 9.64 Å². The summed E-state index contributed by atoms with van der Waals surface area (Å²) in [5.41, 5.74) is 1.88. The maximum atomic E-state index is 13.5. The third-order valence-corrected chi connectivity index (χ3v) is 4.60. The van der Waals surface area contributed by atoms with E-state index in [1.807, 2.05) is 41.1 Å². The van der Waals surface area contributed by atoms with Gasteiger partial charge in [-0.2, -0.15) is 10.4 Å². The van der Waals surface area contributed by atoms with Crippen molar-refractivity contribution in [2.75, 3.05) is 6.54 Å². The highest BCUT2D eigenvalue weighted by Gasteiger charge is 2.24. The summed E-state index contributed by atoms with van der Waals surface area (Å²) in [6.07, 6.45) is 0. The normalized spacial score (nSPS) is 12.9. The van der Waals surface area contributed by atoms with Gasteiger partial charge in [-0.1, -0.05) is 18.2 Å². The van der Waals surface area contributed by atoms with Crippen molar-refractivity contribution in [2.45, 2.75) is 19.7 Å². The van der Waals surface area contributed by atoms with Crippen LogP contribution in [0.3, 0.4) is 0 Å². The van der Waals surface area contributed by atoms with E-state index in [4.69, 9.17) is 10.00 Å². The molecule has 0 saturated carbocycles. The van der Waals surface area contributed by atoms with E-state index < -0.39 is 5.82 Å². The van der Waals surface area contributed by atoms with Crippen LogP contribution in [0.25, 0.3) is 0 Å². The summed E-state index contributed by atoms with van der Waals surface area (Å²) in [6, 6.07) is 17.0. The van der Waals surface area contributed by atoms with Gasteiger partial charge in [0.2, 0.25) is 0 Å². The number of benzene rings is 2. The number of halogens is 1. The fourth-order valence-corrected chi connectivity index (χ4v) is 3.17. The second-order valence-electron chi connectivity index (χ2n) is 6.49. The third kappa shape index (κ3) is 3.58. The van der Waals surface area contributed by atoms with E-state index >= 15 is 0 Å². The number of aromatic nitrogens is 2. The number of nitrogens with zero attached hydrogens (tertiary/aromatic N) is 4. The van der Waals surface area contributed by atoms with Gasteiger partial charge in [-0.15, -0.1) is 0 Å². The highest BCUT2D eigenvalue weighted by molar-refractivity contribution is 5.94. The summed E-state index contributed by atoms with van der Waals surface area (Å²) in [6.45, 7) is 1.81. The molecule has 2 heterocycles. The minimum absolute atomic E-state index is 0.131. The Morgan fingerprint density at radius 3 is 2.79 bits per heavy atom. The number of ether oxygens (including phenoxy) is 1. The van der Waals surface area contributed by atoms with Gasteiger partial charge in [-0.05, 0) is 36.4 Å². The van der Waals surface area contributed by atoms with E-state index in [0.29, 0.717) is 31.8 Å². The molecule has 1 aromatic heterocycles. The van der Waals surface area contributed by atoms with Gasteiger partial charge in [0.15, 0.2) is 0 Å². The molecule has 140 valence electrons. The van der Waals surface area contributed by atoms with Crippen LogP contribution in [0.15, 0.2) is 54.6 Å². The second kappa shape index (κ2) is 7.53. The van der Waals surface area contributed by atoms with Crippen molar-refractivity contribution in [3.8, 4) is 11.8 Å². The van der Waals surface area contributed by atoms with Crippen LogP contribution < -0.4 is 4.74 Å². The molecule has 0 atom stereocenters. The van der Waals surface area contributed by atoms with Gasteiger partial charge in [0, 0.05) is 12.1 Å². The predicted molar refractivity (Wildman–Crippen MR) is 98.9 cm³/mol. The lowest BCUT2D eigenvalue weighted by atomic mass is 10.1. The molecule has 0 unspecified atom stereocenters. The molecule has 0 radical (unpaired) electrons. The van der Waals surface area contributed by atoms with Gasteiger partial charge in [-0.25, -0.2) is 4.39 Å². The number of carbonyl (C=O) groups is 1. The molecule has 0 spiro atoms. The molecule has 1 aliphatic rings. The maximum absolute atomic E-state index is 13.5. The molecular weight excluding hydrogens is 359 g/mol. The van der Waals surface area contributed by atoms with Gasteiger partial charge in [-0.3, -0.25) is 9.48 Å². The molecule has 2 aromatic carbocycles. The zero-order valence-corrected chi connectivity index (χ0v) is 15.0. The summed E-state index contributed by atoms with van der Waals surface area (Å²) in [5.74, 6) is -0.0836. The van der Waals surface area contributed by atoms with Crippen molar-refractivity contribution < 1.29 is 13.9 Å². The summed E-state index contributed by atoms with van der Waals surface area (Å²) in [7, 11) is 0. The molecule has 3 aromatic rings. The average molecular weight is 376 g/mol. The van der Waals surface area contributed by atoms with E-state index in [0.717, 1.165) is 23.2 Å². The Hall–Kier alpha value is -3.66. The Bertz CT molecular complexity index is 1060. The first-order chi connectivity index (χ1) is 13.6. The van der Waals surface area contributed by atoms with Crippen LogP contribution in [0.2, 0.25) is 0 Å². The molecule has 0 aliphatic carbocycles. The highest BCUT2D eigenvalue weighted by atomic mass is 19.1. The largest absolute Gasteiger partial charge is 0.487 e. The van der Waals surface area contributed by atoms with E-state index in [2.05, 4.69) is 5.10 Å². The topological polar surface area (TPSA) is 71.2 Å². The number of hydrogen-bond donors (Lipinski definition) is 0. The number of rotatable bonds is 4. The van der Waals surface area contributed by atoms with Crippen LogP contribution in [0.5, 0.6) is 5.75 Å². The molecular formula is C21H17FN4O2. The fraction of sp³-hybridized carbons (Fsp3) is 0.190. The Kier molecular flexibility index (Phi) is 4.77. The fourth-order valence-electron chi connectivity index (χ4n) is 3.17. The van der Waals surface area contributed by atoms with E-state index in [1.54, 1.807) is 11.0 Å². The van der Waals surface area contributed by atoms with E-state index in [1.165, 1.54) is 12.1 Å². The average Bonchev–Trinajstić information content (AvgIpc) is 3.15. The molecule has 1 aliphatic heterocycles. The third-order valence-electron chi connectivity index (χ3n) is 4.60. The van der Waals surface area contributed by atoms with Crippen molar-refractivity contribution >= 4 is 5.91 Å². The quantitative estimate of drug-likeness (QED) is 0.701.